The van der Waals surface area contributed by atoms with Gasteiger partial charge in [0.1, 0.15) is 12.4 Å². The van der Waals surface area contributed by atoms with Crippen LogP contribution in [0.1, 0.15) is 11.1 Å². The van der Waals surface area contributed by atoms with Crippen molar-refractivity contribution < 1.29 is 13.9 Å². The topological polar surface area (TPSA) is 30.5 Å². The Morgan fingerprint density at radius 2 is 1.75 bits per heavy atom. The van der Waals surface area contributed by atoms with Crippen LogP contribution >= 0.6 is 39.1 Å². The highest BCUT2D eigenvalue weighted by Crippen LogP contribution is 2.35. The van der Waals surface area contributed by atoms with Gasteiger partial charge in [0.2, 0.25) is 0 Å². The number of hydrogen-bond donors (Lipinski definition) is 1. The molecule has 0 radical (unpaired) electrons. The van der Waals surface area contributed by atoms with Gasteiger partial charge in [0.05, 0.1) is 17.8 Å². The summed E-state index contributed by atoms with van der Waals surface area (Å²) in [7, 11) is 1.58. The van der Waals surface area contributed by atoms with Crippen LogP contribution in [0.2, 0.25) is 10.0 Å². The molecule has 3 rings (SSSR count). The number of halogens is 4. The van der Waals surface area contributed by atoms with Gasteiger partial charge in [0, 0.05) is 16.0 Å². The first-order valence-electron chi connectivity index (χ1n) is 8.39. The lowest BCUT2D eigenvalue weighted by Crippen LogP contribution is -2.03. The van der Waals surface area contributed by atoms with E-state index in [2.05, 4.69) is 21.2 Å². The average Bonchev–Trinajstić information content (AvgIpc) is 2.69. The maximum atomic E-state index is 13.0. The lowest BCUT2D eigenvalue weighted by atomic mass is 10.2. The fraction of sp³-hybridized carbons (Fsp3) is 0.143. The van der Waals surface area contributed by atoms with Crippen LogP contribution in [0.25, 0.3) is 0 Å². The molecule has 0 amide bonds. The molecule has 7 heteroatoms. The largest absolute Gasteiger partial charge is 0.493 e. The summed E-state index contributed by atoms with van der Waals surface area (Å²) in [6.45, 7) is 0.814. The van der Waals surface area contributed by atoms with E-state index >= 15 is 0 Å². The van der Waals surface area contributed by atoms with Crippen LogP contribution in [-0.4, -0.2) is 7.11 Å². The van der Waals surface area contributed by atoms with Crippen molar-refractivity contribution in [3.8, 4) is 11.5 Å². The van der Waals surface area contributed by atoms with Crippen molar-refractivity contribution in [1.82, 2.24) is 0 Å². The van der Waals surface area contributed by atoms with E-state index in [9.17, 15) is 4.39 Å². The van der Waals surface area contributed by atoms with Gasteiger partial charge in [-0.2, -0.15) is 0 Å². The number of benzene rings is 3. The molecule has 146 valence electrons. The van der Waals surface area contributed by atoms with Gasteiger partial charge in [-0.1, -0.05) is 51.3 Å². The summed E-state index contributed by atoms with van der Waals surface area (Å²) in [5.41, 5.74) is 2.57. The van der Waals surface area contributed by atoms with E-state index in [-0.39, 0.29) is 5.82 Å². The van der Waals surface area contributed by atoms with Crippen molar-refractivity contribution in [1.29, 1.82) is 0 Å². The molecule has 3 aromatic rings. The maximum Gasteiger partial charge on any atom is 0.162 e. The molecular weight excluding hydrogens is 468 g/mol. The first-order valence-corrected chi connectivity index (χ1v) is 9.93. The van der Waals surface area contributed by atoms with Gasteiger partial charge in [0.15, 0.2) is 11.5 Å². The van der Waals surface area contributed by atoms with Crippen molar-refractivity contribution in [2.45, 2.75) is 13.2 Å². The second-order valence-electron chi connectivity index (χ2n) is 5.99. The van der Waals surface area contributed by atoms with Crippen LogP contribution in [-0.2, 0) is 13.2 Å². The minimum atomic E-state index is -0.277. The molecule has 0 saturated heterocycles. The highest BCUT2D eigenvalue weighted by molar-refractivity contribution is 9.10. The summed E-state index contributed by atoms with van der Waals surface area (Å²) >= 11 is 15.8. The minimum Gasteiger partial charge on any atom is -0.493 e. The van der Waals surface area contributed by atoms with Gasteiger partial charge in [-0.05, 0) is 53.6 Å². The van der Waals surface area contributed by atoms with Crippen molar-refractivity contribution in [3.63, 3.8) is 0 Å². The number of ether oxygens (including phenoxy) is 2. The Morgan fingerprint density at radius 3 is 2.46 bits per heavy atom. The number of nitrogens with one attached hydrogen (secondary N) is 1. The molecule has 0 heterocycles. The van der Waals surface area contributed by atoms with Gasteiger partial charge in [-0.25, -0.2) is 4.39 Å². The molecule has 1 N–H and O–H groups in total. The van der Waals surface area contributed by atoms with Crippen molar-refractivity contribution in [2.75, 3.05) is 12.4 Å². The van der Waals surface area contributed by atoms with Crippen LogP contribution in [0.3, 0.4) is 0 Å². The highest BCUT2D eigenvalue weighted by Gasteiger charge is 2.12. The van der Waals surface area contributed by atoms with E-state index in [1.807, 2.05) is 12.1 Å². The van der Waals surface area contributed by atoms with E-state index in [4.69, 9.17) is 32.7 Å². The summed E-state index contributed by atoms with van der Waals surface area (Å²) in [5.74, 6) is 0.906. The zero-order chi connectivity index (χ0) is 20.1. The number of rotatable bonds is 7. The maximum absolute atomic E-state index is 13.0. The monoisotopic (exact) mass is 483 g/mol. The molecule has 0 atom stereocenters. The molecule has 28 heavy (non-hydrogen) atoms. The molecule has 0 unspecified atom stereocenters. The van der Waals surface area contributed by atoms with Gasteiger partial charge < -0.3 is 14.8 Å². The van der Waals surface area contributed by atoms with Gasteiger partial charge >= 0.3 is 0 Å². The molecule has 0 aliphatic heterocycles. The summed E-state index contributed by atoms with van der Waals surface area (Å²) in [6, 6.07) is 15.2. The summed E-state index contributed by atoms with van der Waals surface area (Å²) in [5, 5.41) is 4.46. The number of anilines is 1. The molecule has 0 aromatic heterocycles. The zero-order valence-corrected chi connectivity index (χ0v) is 18.0. The Morgan fingerprint density at radius 1 is 1.00 bits per heavy atom. The van der Waals surface area contributed by atoms with Crippen molar-refractivity contribution in [3.05, 3.63) is 86.1 Å². The Labute approximate surface area is 181 Å². The minimum absolute atomic E-state index is 0.277. The fourth-order valence-electron chi connectivity index (χ4n) is 2.55. The lowest BCUT2D eigenvalue weighted by molar-refractivity contribution is 0.284. The standard InChI is InChI=1S/C21H17BrCl2FNO2/c1-27-20-8-14(11-26-19-9-15(23)4-7-18(19)24)17(22)10-21(20)28-12-13-2-5-16(25)6-3-13/h2-10,26H,11-12H2,1H3. The Bertz CT molecular complexity index is 967. The van der Waals surface area contributed by atoms with E-state index < -0.39 is 0 Å². The van der Waals surface area contributed by atoms with Crippen LogP contribution < -0.4 is 14.8 Å². The second-order valence-corrected chi connectivity index (χ2v) is 7.69. The Kier molecular flexibility index (Phi) is 7.05. The smallest absolute Gasteiger partial charge is 0.162 e. The van der Waals surface area contributed by atoms with Crippen LogP contribution in [0, 0.1) is 5.82 Å². The van der Waals surface area contributed by atoms with E-state index in [0.29, 0.717) is 34.7 Å². The highest BCUT2D eigenvalue weighted by atomic mass is 79.9. The average molecular weight is 485 g/mol. The number of hydrogen-bond acceptors (Lipinski definition) is 3. The van der Waals surface area contributed by atoms with Crippen molar-refractivity contribution >= 4 is 44.8 Å². The third-order valence-corrected chi connectivity index (χ3v) is 5.34. The van der Waals surface area contributed by atoms with E-state index in [0.717, 1.165) is 21.3 Å². The Hall–Kier alpha value is -1.95. The molecule has 0 bridgehead atoms. The summed E-state index contributed by atoms with van der Waals surface area (Å²) in [6.07, 6.45) is 0. The quantitative estimate of drug-likeness (QED) is 0.388. The molecule has 3 nitrogen and oxygen atoms in total. The SMILES string of the molecule is COc1cc(CNc2cc(Cl)ccc2Cl)c(Br)cc1OCc1ccc(F)cc1. The van der Waals surface area contributed by atoms with Crippen LogP contribution in [0.15, 0.2) is 59.1 Å². The number of methoxy groups -OCH3 is 1. The normalized spacial score (nSPS) is 10.6. The molecule has 0 aliphatic carbocycles. The van der Waals surface area contributed by atoms with Gasteiger partial charge in [-0.3, -0.25) is 0 Å². The summed E-state index contributed by atoms with van der Waals surface area (Å²) in [4.78, 5) is 0. The first-order chi connectivity index (χ1) is 13.5. The van der Waals surface area contributed by atoms with Crippen LogP contribution in [0.5, 0.6) is 11.5 Å². The fourth-order valence-corrected chi connectivity index (χ4v) is 3.37. The Balaban J connectivity index is 1.73. The second kappa shape index (κ2) is 9.50. The third-order valence-electron chi connectivity index (χ3n) is 4.04. The van der Waals surface area contributed by atoms with E-state index in [1.54, 1.807) is 37.4 Å². The van der Waals surface area contributed by atoms with E-state index in [1.165, 1.54) is 12.1 Å². The van der Waals surface area contributed by atoms with Crippen molar-refractivity contribution in [2.24, 2.45) is 0 Å². The molecule has 0 saturated carbocycles. The lowest BCUT2D eigenvalue weighted by Gasteiger charge is -2.15. The van der Waals surface area contributed by atoms with Gasteiger partial charge in [0.25, 0.3) is 0 Å². The molecule has 0 aliphatic rings. The van der Waals surface area contributed by atoms with Crippen LogP contribution in [0.4, 0.5) is 10.1 Å². The summed E-state index contributed by atoms with van der Waals surface area (Å²) < 4.78 is 25.2. The predicted molar refractivity (Wildman–Crippen MR) is 115 cm³/mol. The molecule has 3 aromatic carbocycles. The third kappa shape index (κ3) is 5.31. The predicted octanol–water partition coefficient (Wildman–Crippen LogP) is 7.09. The molecule has 0 spiro atoms. The molecule has 0 fully saturated rings. The van der Waals surface area contributed by atoms with Gasteiger partial charge in [-0.15, -0.1) is 0 Å². The molecular formula is C21H17BrCl2FNO2. The first kappa shape index (κ1) is 20.8. The zero-order valence-electron chi connectivity index (χ0n) is 14.9.